The Hall–Kier alpha value is -1.11. The van der Waals surface area contributed by atoms with Gasteiger partial charge in [-0.3, -0.25) is 4.90 Å². The van der Waals surface area contributed by atoms with Crippen LogP contribution in [-0.2, 0) is 12.2 Å². The topological polar surface area (TPSA) is 55.3 Å². The van der Waals surface area contributed by atoms with E-state index in [0.29, 0.717) is 6.54 Å². The zero-order valence-electron chi connectivity index (χ0n) is 11.2. The number of alkyl halides is 3. The maximum atomic E-state index is 12.7. The molecule has 3 nitrogen and oxygen atoms in total. The number of rotatable bonds is 5. The van der Waals surface area contributed by atoms with Crippen molar-refractivity contribution in [1.82, 2.24) is 4.90 Å². The predicted octanol–water partition coefficient (Wildman–Crippen LogP) is 2.16. The summed E-state index contributed by atoms with van der Waals surface area (Å²) in [6, 6.07) is 5.94. The lowest BCUT2D eigenvalue weighted by molar-refractivity contribution is -0.188. The minimum absolute atomic E-state index is 0.136. The van der Waals surface area contributed by atoms with Gasteiger partial charge in [-0.1, -0.05) is 38.1 Å². The van der Waals surface area contributed by atoms with Gasteiger partial charge in [0.25, 0.3) is 0 Å². The van der Waals surface area contributed by atoms with Crippen molar-refractivity contribution >= 4 is 0 Å². The monoisotopic (exact) mass is 275 g/mol. The smallest absolute Gasteiger partial charge is 0.302 e. The molecule has 6 heteroatoms. The molecule has 0 saturated carbocycles. The Morgan fingerprint density at radius 3 is 1.84 bits per heavy atom. The van der Waals surface area contributed by atoms with Gasteiger partial charge >= 0.3 is 6.18 Å². The molecule has 0 fully saturated rings. The molecule has 0 aromatic heterocycles. The fourth-order valence-electron chi connectivity index (χ4n) is 1.76. The molecule has 0 bridgehead atoms. The molecule has 0 spiro atoms. The first-order valence-electron chi connectivity index (χ1n) is 6.18. The van der Waals surface area contributed by atoms with Crippen LogP contribution < -0.4 is 11.5 Å². The van der Waals surface area contributed by atoms with E-state index in [2.05, 4.69) is 4.90 Å². The van der Waals surface area contributed by atoms with Gasteiger partial charge in [0.15, 0.2) is 5.66 Å². The molecular formula is C13H20F3N3. The highest BCUT2D eigenvalue weighted by atomic mass is 19.4. The standard InChI is InChI=1S/C13H20F3N3/c1-3-19(4-2)9-10-5-7-11(8-6-10)12(17,18)13(14,15)16/h5-8H,3-4,9,17-18H2,1-2H3. The van der Waals surface area contributed by atoms with Crippen molar-refractivity contribution in [2.45, 2.75) is 32.2 Å². The van der Waals surface area contributed by atoms with Gasteiger partial charge in [0.1, 0.15) is 0 Å². The average Bonchev–Trinajstić information content (AvgIpc) is 2.35. The normalized spacial score (nSPS) is 13.1. The van der Waals surface area contributed by atoms with Gasteiger partial charge in [-0.15, -0.1) is 0 Å². The first kappa shape index (κ1) is 15.9. The van der Waals surface area contributed by atoms with Gasteiger partial charge < -0.3 is 11.5 Å². The third kappa shape index (κ3) is 3.68. The SMILES string of the molecule is CCN(CC)Cc1ccc(C(N)(N)C(F)(F)F)cc1. The van der Waals surface area contributed by atoms with Gasteiger partial charge in [-0.2, -0.15) is 13.2 Å². The second kappa shape index (κ2) is 5.90. The second-order valence-corrected chi connectivity index (χ2v) is 4.53. The number of nitrogens with zero attached hydrogens (tertiary/aromatic N) is 1. The third-order valence-electron chi connectivity index (χ3n) is 3.20. The quantitative estimate of drug-likeness (QED) is 0.810. The summed E-state index contributed by atoms with van der Waals surface area (Å²) in [4.78, 5) is 2.16. The lowest BCUT2D eigenvalue weighted by atomic mass is 9.99. The molecule has 19 heavy (non-hydrogen) atoms. The van der Waals surface area contributed by atoms with Crippen LogP contribution in [0.25, 0.3) is 0 Å². The summed E-state index contributed by atoms with van der Waals surface area (Å²) < 4.78 is 38.0. The Labute approximate surface area is 111 Å². The molecular weight excluding hydrogens is 255 g/mol. The third-order valence-corrected chi connectivity index (χ3v) is 3.20. The number of benzene rings is 1. The Kier molecular flexibility index (Phi) is 4.95. The summed E-state index contributed by atoms with van der Waals surface area (Å²) in [5, 5.41) is 0. The summed E-state index contributed by atoms with van der Waals surface area (Å²) in [6.07, 6.45) is -4.67. The van der Waals surface area contributed by atoms with E-state index < -0.39 is 11.8 Å². The predicted molar refractivity (Wildman–Crippen MR) is 69.2 cm³/mol. The van der Waals surface area contributed by atoms with Gasteiger partial charge in [0, 0.05) is 6.54 Å². The fourth-order valence-corrected chi connectivity index (χ4v) is 1.76. The molecule has 4 N–H and O–H groups in total. The summed E-state index contributed by atoms with van der Waals surface area (Å²) in [5.74, 6) is 0. The lowest BCUT2D eigenvalue weighted by Gasteiger charge is -2.28. The van der Waals surface area contributed by atoms with E-state index in [1.165, 1.54) is 12.1 Å². The number of hydrogen-bond acceptors (Lipinski definition) is 3. The van der Waals surface area contributed by atoms with Crippen molar-refractivity contribution in [3.8, 4) is 0 Å². The number of halogens is 3. The Morgan fingerprint density at radius 1 is 1.00 bits per heavy atom. The molecule has 1 rings (SSSR count). The van der Waals surface area contributed by atoms with Crippen LogP contribution in [0.15, 0.2) is 24.3 Å². The summed E-state index contributed by atoms with van der Waals surface area (Å²) >= 11 is 0. The molecule has 0 aliphatic carbocycles. The van der Waals surface area contributed by atoms with Crippen molar-refractivity contribution < 1.29 is 13.2 Å². The molecule has 0 aliphatic rings. The van der Waals surface area contributed by atoms with E-state index in [1.54, 1.807) is 12.1 Å². The van der Waals surface area contributed by atoms with Crippen LogP contribution in [0.4, 0.5) is 13.2 Å². The van der Waals surface area contributed by atoms with E-state index in [4.69, 9.17) is 11.5 Å². The van der Waals surface area contributed by atoms with E-state index in [-0.39, 0.29) is 5.56 Å². The van der Waals surface area contributed by atoms with Crippen LogP contribution in [-0.4, -0.2) is 24.2 Å². The highest BCUT2D eigenvalue weighted by Gasteiger charge is 2.50. The second-order valence-electron chi connectivity index (χ2n) is 4.53. The summed E-state index contributed by atoms with van der Waals surface area (Å²) in [5.41, 5.74) is 8.32. The van der Waals surface area contributed by atoms with E-state index in [9.17, 15) is 13.2 Å². The first-order valence-corrected chi connectivity index (χ1v) is 6.18. The van der Waals surface area contributed by atoms with Crippen molar-refractivity contribution in [3.63, 3.8) is 0 Å². The maximum absolute atomic E-state index is 12.7. The van der Waals surface area contributed by atoms with E-state index in [0.717, 1.165) is 18.7 Å². The van der Waals surface area contributed by atoms with Crippen LogP contribution in [0.1, 0.15) is 25.0 Å². The number of hydrogen-bond donors (Lipinski definition) is 2. The molecule has 108 valence electrons. The Balaban J connectivity index is 2.88. The molecule has 0 heterocycles. The molecule has 0 aliphatic heterocycles. The van der Waals surface area contributed by atoms with Crippen LogP contribution in [0, 0.1) is 0 Å². The van der Waals surface area contributed by atoms with E-state index >= 15 is 0 Å². The number of nitrogens with two attached hydrogens (primary N) is 2. The average molecular weight is 275 g/mol. The Morgan fingerprint density at radius 2 is 1.47 bits per heavy atom. The van der Waals surface area contributed by atoms with E-state index in [1.807, 2.05) is 13.8 Å². The van der Waals surface area contributed by atoms with Crippen LogP contribution in [0.5, 0.6) is 0 Å². The molecule has 0 radical (unpaired) electrons. The van der Waals surface area contributed by atoms with Crippen molar-refractivity contribution in [2.24, 2.45) is 11.5 Å². The highest BCUT2D eigenvalue weighted by molar-refractivity contribution is 5.28. The van der Waals surface area contributed by atoms with Crippen LogP contribution >= 0.6 is 0 Å². The molecule has 0 amide bonds. The van der Waals surface area contributed by atoms with Crippen molar-refractivity contribution in [1.29, 1.82) is 0 Å². The van der Waals surface area contributed by atoms with Crippen molar-refractivity contribution in [2.75, 3.05) is 13.1 Å². The van der Waals surface area contributed by atoms with Gasteiger partial charge in [0.2, 0.25) is 0 Å². The van der Waals surface area contributed by atoms with Gasteiger partial charge in [0.05, 0.1) is 0 Å². The molecule has 0 atom stereocenters. The minimum atomic E-state index is -4.67. The minimum Gasteiger partial charge on any atom is -0.302 e. The van der Waals surface area contributed by atoms with Crippen LogP contribution in [0.2, 0.25) is 0 Å². The van der Waals surface area contributed by atoms with Crippen molar-refractivity contribution in [3.05, 3.63) is 35.4 Å². The molecule has 0 saturated heterocycles. The summed E-state index contributed by atoms with van der Waals surface area (Å²) in [6.45, 7) is 6.54. The lowest BCUT2D eigenvalue weighted by Crippen LogP contribution is -2.57. The molecule has 0 unspecified atom stereocenters. The highest BCUT2D eigenvalue weighted by Crippen LogP contribution is 2.32. The molecule has 1 aromatic rings. The molecule has 1 aromatic carbocycles. The maximum Gasteiger partial charge on any atom is 0.423 e. The zero-order chi connectivity index (χ0) is 14.7. The summed E-state index contributed by atoms with van der Waals surface area (Å²) in [7, 11) is 0. The fraction of sp³-hybridized carbons (Fsp3) is 0.538. The zero-order valence-corrected chi connectivity index (χ0v) is 11.2. The Bertz CT molecular complexity index is 395. The van der Waals surface area contributed by atoms with Gasteiger partial charge in [-0.25, -0.2) is 0 Å². The largest absolute Gasteiger partial charge is 0.423 e. The van der Waals surface area contributed by atoms with Gasteiger partial charge in [-0.05, 0) is 24.2 Å². The first-order chi connectivity index (χ1) is 8.72. The van der Waals surface area contributed by atoms with Crippen LogP contribution in [0.3, 0.4) is 0 Å².